The van der Waals surface area contributed by atoms with Gasteiger partial charge in [0.1, 0.15) is 0 Å². The van der Waals surface area contributed by atoms with Gasteiger partial charge in [0.2, 0.25) is 0 Å². The van der Waals surface area contributed by atoms with Crippen LogP contribution in [0.25, 0.3) is 0 Å². The second kappa shape index (κ2) is 7.53. The van der Waals surface area contributed by atoms with Gasteiger partial charge >= 0.3 is 29.6 Å². The molecule has 0 aliphatic carbocycles. The van der Waals surface area contributed by atoms with E-state index in [4.69, 9.17) is 0 Å². The normalized spacial score (nSPS) is 11.5. The minimum atomic E-state index is -1.12. The minimum absolute atomic E-state index is 0. The molecule has 1 heterocycles. The molecule has 7 heteroatoms. The first-order chi connectivity index (χ1) is 6.24. The SMILES string of the molecule is O=C([O-])[C@H](CCS)Nc1nccs1.[Na+]. The molecule has 4 nitrogen and oxygen atoms in total. The van der Waals surface area contributed by atoms with Crippen molar-refractivity contribution in [3.8, 4) is 0 Å². The molecule has 0 aliphatic rings. The summed E-state index contributed by atoms with van der Waals surface area (Å²) in [6.45, 7) is 0. The number of aliphatic carboxylic acids is 1. The zero-order valence-corrected chi connectivity index (χ0v) is 11.5. The van der Waals surface area contributed by atoms with Crippen molar-refractivity contribution in [2.75, 3.05) is 11.1 Å². The number of nitrogens with one attached hydrogen (secondary N) is 1. The average Bonchev–Trinajstić information content (AvgIpc) is 2.56. The van der Waals surface area contributed by atoms with Gasteiger partial charge in [0.15, 0.2) is 5.13 Å². The molecule has 14 heavy (non-hydrogen) atoms. The van der Waals surface area contributed by atoms with Gasteiger partial charge in [-0.2, -0.15) is 12.6 Å². The van der Waals surface area contributed by atoms with Crippen molar-refractivity contribution >= 4 is 35.1 Å². The smallest absolute Gasteiger partial charge is 0.548 e. The first-order valence-corrected chi connectivity index (χ1v) is 5.23. The molecule has 0 fully saturated rings. The fraction of sp³-hybridized carbons (Fsp3) is 0.429. The first-order valence-electron chi connectivity index (χ1n) is 3.72. The van der Waals surface area contributed by atoms with E-state index in [9.17, 15) is 9.90 Å². The van der Waals surface area contributed by atoms with E-state index in [1.54, 1.807) is 11.6 Å². The molecule has 0 unspecified atom stereocenters. The molecule has 0 aromatic carbocycles. The summed E-state index contributed by atoms with van der Waals surface area (Å²) in [5, 5.41) is 15.7. The summed E-state index contributed by atoms with van der Waals surface area (Å²) >= 11 is 5.31. The maximum atomic E-state index is 10.6. The number of hydrogen-bond donors (Lipinski definition) is 2. The third kappa shape index (κ3) is 4.65. The number of carbonyl (C=O) groups is 1. The quantitative estimate of drug-likeness (QED) is 0.425. The predicted octanol–water partition coefficient (Wildman–Crippen LogP) is -3.00. The molecule has 1 aromatic heterocycles. The van der Waals surface area contributed by atoms with E-state index in [2.05, 4.69) is 22.9 Å². The molecule has 0 amide bonds. The number of thiazole rings is 1. The number of aromatic nitrogens is 1. The Hall–Kier alpha value is 0.250. The minimum Gasteiger partial charge on any atom is -0.548 e. The first kappa shape index (κ1) is 14.2. The van der Waals surface area contributed by atoms with Crippen molar-refractivity contribution < 1.29 is 39.5 Å². The van der Waals surface area contributed by atoms with E-state index in [0.29, 0.717) is 17.3 Å². The number of thiol groups is 1. The van der Waals surface area contributed by atoms with Gasteiger partial charge in [-0.15, -0.1) is 11.3 Å². The molecule has 72 valence electrons. The van der Waals surface area contributed by atoms with Crippen LogP contribution in [-0.4, -0.2) is 22.7 Å². The van der Waals surface area contributed by atoms with Crippen LogP contribution in [-0.2, 0) is 4.79 Å². The van der Waals surface area contributed by atoms with Crippen molar-refractivity contribution in [2.45, 2.75) is 12.5 Å². The maximum absolute atomic E-state index is 10.6. The van der Waals surface area contributed by atoms with E-state index in [0.717, 1.165) is 0 Å². The fourth-order valence-electron chi connectivity index (χ4n) is 0.822. The molecule has 0 radical (unpaired) electrons. The van der Waals surface area contributed by atoms with Gasteiger partial charge in [-0.25, -0.2) is 4.98 Å². The monoisotopic (exact) mass is 240 g/mol. The van der Waals surface area contributed by atoms with Crippen molar-refractivity contribution in [1.29, 1.82) is 0 Å². The summed E-state index contributed by atoms with van der Waals surface area (Å²) in [6, 6.07) is -0.705. The van der Waals surface area contributed by atoms with Crippen molar-refractivity contribution in [3.05, 3.63) is 11.6 Å². The Balaban J connectivity index is 0.00000169. The Bertz CT molecular complexity index is 269. The van der Waals surface area contributed by atoms with Crippen LogP contribution in [0.2, 0.25) is 0 Å². The summed E-state index contributed by atoms with van der Waals surface area (Å²) in [7, 11) is 0. The van der Waals surface area contributed by atoms with Crippen molar-refractivity contribution in [1.82, 2.24) is 4.98 Å². The molecule has 1 atom stereocenters. The molecule has 0 aliphatic heterocycles. The zero-order chi connectivity index (χ0) is 9.68. The predicted molar refractivity (Wildman–Crippen MR) is 53.0 cm³/mol. The van der Waals surface area contributed by atoms with Crippen LogP contribution in [0.3, 0.4) is 0 Å². The van der Waals surface area contributed by atoms with Crippen LogP contribution in [0, 0.1) is 0 Å². The molecule has 1 rings (SSSR count). The zero-order valence-electron chi connectivity index (χ0n) is 7.77. The average molecular weight is 240 g/mol. The number of nitrogens with zero attached hydrogens (tertiary/aromatic N) is 1. The molecule has 0 bridgehead atoms. The van der Waals surface area contributed by atoms with Crippen molar-refractivity contribution in [3.63, 3.8) is 0 Å². The van der Waals surface area contributed by atoms with Gasteiger partial charge in [-0.3, -0.25) is 0 Å². The fourth-order valence-corrected chi connectivity index (χ4v) is 1.66. The van der Waals surface area contributed by atoms with Crippen LogP contribution in [0.5, 0.6) is 0 Å². The molecule has 1 N–H and O–H groups in total. The second-order valence-corrected chi connectivity index (χ2v) is 3.71. The third-order valence-corrected chi connectivity index (χ3v) is 2.39. The van der Waals surface area contributed by atoms with Gasteiger partial charge in [-0.1, -0.05) is 0 Å². The largest absolute Gasteiger partial charge is 1.00 e. The molecule has 0 spiro atoms. The van der Waals surface area contributed by atoms with Crippen molar-refractivity contribution in [2.24, 2.45) is 0 Å². The van der Waals surface area contributed by atoms with Crippen LogP contribution in [0.15, 0.2) is 11.6 Å². The van der Waals surface area contributed by atoms with E-state index >= 15 is 0 Å². The maximum Gasteiger partial charge on any atom is 1.00 e. The van der Waals surface area contributed by atoms with E-state index < -0.39 is 12.0 Å². The number of rotatable bonds is 5. The van der Waals surface area contributed by atoms with E-state index in [-0.39, 0.29) is 29.6 Å². The topological polar surface area (TPSA) is 65.0 Å². The molecular formula is C7H9N2NaO2S2. The summed E-state index contributed by atoms with van der Waals surface area (Å²) < 4.78 is 0. The number of anilines is 1. The van der Waals surface area contributed by atoms with Gasteiger partial charge in [0, 0.05) is 11.6 Å². The Kier molecular flexibility index (Phi) is 7.66. The Morgan fingerprint density at radius 3 is 2.93 bits per heavy atom. The number of hydrogen-bond acceptors (Lipinski definition) is 6. The number of carboxylic acid groups (broad SMARTS) is 1. The second-order valence-electron chi connectivity index (χ2n) is 2.37. The van der Waals surface area contributed by atoms with Crippen LogP contribution in [0.4, 0.5) is 5.13 Å². The molecule has 0 saturated heterocycles. The standard InChI is InChI=1S/C7H10N2O2S2.Na/c10-6(11)5(1-3-12)9-7-8-2-4-13-7;/h2,4-5,12H,1,3H2,(H,8,9)(H,10,11);/q;+1/p-1/t5-;/m0./s1. The van der Waals surface area contributed by atoms with Gasteiger partial charge in [-0.05, 0) is 12.2 Å². The van der Waals surface area contributed by atoms with Gasteiger partial charge < -0.3 is 15.2 Å². The van der Waals surface area contributed by atoms with Crippen LogP contribution >= 0.6 is 24.0 Å². The Labute approximate surface area is 114 Å². The Morgan fingerprint density at radius 1 is 1.79 bits per heavy atom. The number of carbonyl (C=O) groups excluding carboxylic acids is 1. The number of carboxylic acids is 1. The van der Waals surface area contributed by atoms with Gasteiger partial charge in [0.25, 0.3) is 0 Å². The molecular weight excluding hydrogens is 231 g/mol. The summed E-state index contributed by atoms with van der Waals surface area (Å²) in [6.07, 6.45) is 2.03. The summed E-state index contributed by atoms with van der Waals surface area (Å²) in [5.74, 6) is -0.624. The summed E-state index contributed by atoms with van der Waals surface area (Å²) in [4.78, 5) is 14.5. The molecule has 1 aromatic rings. The van der Waals surface area contributed by atoms with E-state index in [1.807, 2.05) is 0 Å². The Morgan fingerprint density at radius 2 is 2.50 bits per heavy atom. The molecule has 0 saturated carbocycles. The van der Waals surface area contributed by atoms with E-state index in [1.165, 1.54) is 11.3 Å². The summed E-state index contributed by atoms with van der Waals surface area (Å²) in [5.41, 5.74) is 0. The van der Waals surface area contributed by atoms with Crippen LogP contribution < -0.4 is 40.0 Å². The van der Waals surface area contributed by atoms with Crippen LogP contribution in [0.1, 0.15) is 6.42 Å². The third-order valence-electron chi connectivity index (χ3n) is 1.43. The van der Waals surface area contributed by atoms with Gasteiger partial charge in [0.05, 0.1) is 12.0 Å².